The minimum Gasteiger partial charge on any atom is -0.484 e. The average Bonchev–Trinajstić information content (AvgIpc) is 3.27. The molecular weight excluding hydrogens is 353 g/mol. The molecule has 0 atom stereocenters. The predicted molar refractivity (Wildman–Crippen MR) is 82.0 cm³/mol. The van der Waals surface area contributed by atoms with Crippen LogP contribution in [0.4, 0.5) is 0 Å². The molecule has 0 heterocycles. The van der Waals surface area contributed by atoms with Crippen molar-refractivity contribution >= 4 is 28.5 Å². The summed E-state index contributed by atoms with van der Waals surface area (Å²) < 4.78 is 6.65. The van der Waals surface area contributed by atoms with E-state index in [2.05, 4.69) is 27.9 Å². The van der Waals surface area contributed by atoms with Crippen LogP contribution in [0.25, 0.3) is 0 Å². The first-order valence-electron chi connectivity index (χ1n) is 6.90. The first-order valence-corrected chi connectivity index (χ1v) is 7.98. The zero-order valence-electron chi connectivity index (χ0n) is 10.8. The summed E-state index contributed by atoms with van der Waals surface area (Å²) in [6, 6.07) is 8.17. The molecule has 0 aliphatic heterocycles. The van der Waals surface area contributed by atoms with Gasteiger partial charge in [-0.2, -0.15) is 0 Å². The molecule has 3 nitrogen and oxygen atoms in total. The van der Waals surface area contributed by atoms with Gasteiger partial charge in [-0.3, -0.25) is 4.79 Å². The van der Waals surface area contributed by atoms with E-state index in [4.69, 9.17) is 4.74 Å². The summed E-state index contributed by atoms with van der Waals surface area (Å²) in [6.07, 6.45) is 5.11. The second-order valence-electron chi connectivity index (χ2n) is 5.51. The van der Waals surface area contributed by atoms with E-state index in [9.17, 15) is 4.79 Å². The lowest BCUT2D eigenvalue weighted by Gasteiger charge is -2.17. The topological polar surface area (TPSA) is 38.3 Å². The van der Waals surface area contributed by atoms with Crippen molar-refractivity contribution < 1.29 is 9.53 Å². The van der Waals surface area contributed by atoms with Crippen LogP contribution in [-0.2, 0) is 4.79 Å². The van der Waals surface area contributed by atoms with Gasteiger partial charge >= 0.3 is 0 Å². The largest absolute Gasteiger partial charge is 0.484 e. The van der Waals surface area contributed by atoms with Gasteiger partial charge in [0.2, 0.25) is 0 Å². The molecule has 102 valence electrons. The van der Waals surface area contributed by atoms with Crippen LogP contribution >= 0.6 is 22.6 Å². The van der Waals surface area contributed by atoms with Crippen LogP contribution in [0, 0.1) is 15.4 Å². The van der Waals surface area contributed by atoms with Gasteiger partial charge in [0.15, 0.2) is 6.61 Å². The van der Waals surface area contributed by atoms with Crippen molar-refractivity contribution in [1.82, 2.24) is 5.32 Å². The molecule has 2 saturated carbocycles. The van der Waals surface area contributed by atoms with Crippen molar-refractivity contribution in [2.75, 3.05) is 6.61 Å². The van der Waals surface area contributed by atoms with E-state index in [1.807, 2.05) is 24.3 Å². The summed E-state index contributed by atoms with van der Waals surface area (Å²) in [4.78, 5) is 11.9. The van der Waals surface area contributed by atoms with Gasteiger partial charge in [0, 0.05) is 9.61 Å². The molecule has 2 fully saturated rings. The minimum absolute atomic E-state index is 0.0164. The number of carbonyl (C=O) groups excluding carboxylic acids is 1. The van der Waals surface area contributed by atoms with Crippen LogP contribution in [0.1, 0.15) is 25.7 Å². The Labute approximate surface area is 127 Å². The highest BCUT2D eigenvalue weighted by atomic mass is 127. The van der Waals surface area contributed by atoms with Crippen LogP contribution in [0.5, 0.6) is 5.75 Å². The summed E-state index contributed by atoms with van der Waals surface area (Å²) in [5, 5.41) is 3.16. The van der Waals surface area contributed by atoms with Crippen LogP contribution in [-0.4, -0.2) is 18.6 Å². The highest BCUT2D eigenvalue weighted by molar-refractivity contribution is 14.1. The summed E-state index contributed by atoms with van der Waals surface area (Å²) in [7, 11) is 0. The molecule has 2 aliphatic rings. The maximum absolute atomic E-state index is 11.9. The third-order valence-corrected chi connectivity index (χ3v) is 4.42. The van der Waals surface area contributed by atoms with Crippen LogP contribution in [0.3, 0.4) is 0 Å². The molecule has 2 aliphatic carbocycles. The standard InChI is InChI=1S/C15H18INO2/c16-12-2-1-3-13(8-12)19-9-14(18)17-15(10-4-5-10)11-6-7-11/h1-3,8,10-11,15H,4-7,9H2,(H,17,18). The highest BCUT2D eigenvalue weighted by Crippen LogP contribution is 2.44. The van der Waals surface area contributed by atoms with Crippen molar-refractivity contribution in [2.24, 2.45) is 11.8 Å². The first-order chi connectivity index (χ1) is 9.22. The quantitative estimate of drug-likeness (QED) is 0.781. The fourth-order valence-corrected chi connectivity index (χ4v) is 2.98. The second kappa shape index (κ2) is 5.69. The molecule has 0 spiro atoms. The summed E-state index contributed by atoms with van der Waals surface area (Å²) in [5.41, 5.74) is 0. The van der Waals surface area contributed by atoms with E-state index >= 15 is 0 Å². The van der Waals surface area contributed by atoms with E-state index in [-0.39, 0.29) is 12.5 Å². The number of rotatable bonds is 6. The number of ether oxygens (including phenoxy) is 1. The zero-order valence-corrected chi connectivity index (χ0v) is 12.9. The summed E-state index contributed by atoms with van der Waals surface area (Å²) in [5.74, 6) is 2.24. The molecule has 4 heteroatoms. The molecule has 0 unspecified atom stereocenters. The average molecular weight is 371 g/mol. The summed E-state index contributed by atoms with van der Waals surface area (Å²) >= 11 is 2.24. The summed E-state index contributed by atoms with van der Waals surface area (Å²) in [6.45, 7) is 0.121. The molecule has 0 radical (unpaired) electrons. The lowest BCUT2D eigenvalue weighted by atomic mass is 10.1. The predicted octanol–water partition coefficient (Wildman–Crippen LogP) is 2.97. The second-order valence-corrected chi connectivity index (χ2v) is 6.76. The maximum Gasteiger partial charge on any atom is 0.258 e. The Morgan fingerprint density at radius 1 is 1.32 bits per heavy atom. The molecule has 0 aromatic heterocycles. The number of nitrogens with one attached hydrogen (secondary N) is 1. The Hall–Kier alpha value is -0.780. The number of hydrogen-bond acceptors (Lipinski definition) is 2. The molecular formula is C15H18INO2. The van der Waals surface area contributed by atoms with Crippen LogP contribution in [0.15, 0.2) is 24.3 Å². The lowest BCUT2D eigenvalue weighted by molar-refractivity contribution is -0.124. The van der Waals surface area contributed by atoms with Crippen molar-refractivity contribution in [1.29, 1.82) is 0 Å². The fourth-order valence-electron chi connectivity index (χ4n) is 2.46. The van der Waals surface area contributed by atoms with Gasteiger partial charge in [-0.05, 0) is 78.3 Å². The number of carbonyl (C=O) groups is 1. The van der Waals surface area contributed by atoms with Crippen molar-refractivity contribution in [3.8, 4) is 5.75 Å². The molecule has 1 aromatic rings. The molecule has 1 aromatic carbocycles. The Balaban J connectivity index is 1.48. The Morgan fingerprint density at radius 3 is 2.58 bits per heavy atom. The van der Waals surface area contributed by atoms with E-state index in [0.29, 0.717) is 6.04 Å². The molecule has 0 saturated heterocycles. The normalized spacial score (nSPS) is 18.4. The van der Waals surface area contributed by atoms with Gasteiger partial charge in [-0.1, -0.05) is 6.07 Å². The first kappa shape index (κ1) is 13.2. The van der Waals surface area contributed by atoms with Gasteiger partial charge in [0.1, 0.15) is 5.75 Å². The number of amides is 1. The molecule has 19 heavy (non-hydrogen) atoms. The van der Waals surface area contributed by atoms with Gasteiger partial charge in [0.05, 0.1) is 0 Å². The van der Waals surface area contributed by atoms with Gasteiger partial charge in [0.25, 0.3) is 5.91 Å². The number of benzene rings is 1. The third kappa shape index (κ3) is 3.84. The Morgan fingerprint density at radius 2 is 2.00 bits per heavy atom. The maximum atomic E-state index is 11.9. The van der Waals surface area contributed by atoms with E-state index in [1.54, 1.807) is 0 Å². The number of hydrogen-bond donors (Lipinski definition) is 1. The van der Waals surface area contributed by atoms with Crippen molar-refractivity contribution in [3.63, 3.8) is 0 Å². The van der Waals surface area contributed by atoms with E-state index in [1.165, 1.54) is 25.7 Å². The van der Waals surface area contributed by atoms with E-state index in [0.717, 1.165) is 21.2 Å². The van der Waals surface area contributed by atoms with Crippen molar-refractivity contribution in [3.05, 3.63) is 27.8 Å². The smallest absolute Gasteiger partial charge is 0.258 e. The molecule has 3 rings (SSSR count). The van der Waals surface area contributed by atoms with Crippen molar-refractivity contribution in [2.45, 2.75) is 31.7 Å². The van der Waals surface area contributed by atoms with Gasteiger partial charge < -0.3 is 10.1 Å². The third-order valence-electron chi connectivity index (χ3n) is 3.75. The monoisotopic (exact) mass is 371 g/mol. The molecule has 0 bridgehead atoms. The van der Waals surface area contributed by atoms with Crippen LogP contribution < -0.4 is 10.1 Å². The van der Waals surface area contributed by atoms with Gasteiger partial charge in [-0.25, -0.2) is 0 Å². The number of halogens is 1. The minimum atomic E-state index is 0.0164. The SMILES string of the molecule is O=C(COc1cccc(I)c1)NC(C1CC1)C1CC1. The molecule has 1 amide bonds. The zero-order chi connectivity index (χ0) is 13.2. The Bertz CT molecular complexity index is 457. The lowest BCUT2D eigenvalue weighted by Crippen LogP contribution is -2.40. The molecule has 1 N–H and O–H groups in total. The van der Waals surface area contributed by atoms with Crippen LogP contribution in [0.2, 0.25) is 0 Å². The Kier molecular flexibility index (Phi) is 3.96. The highest BCUT2D eigenvalue weighted by Gasteiger charge is 2.42. The van der Waals surface area contributed by atoms with E-state index < -0.39 is 0 Å². The van der Waals surface area contributed by atoms with Gasteiger partial charge in [-0.15, -0.1) is 0 Å². The fraction of sp³-hybridized carbons (Fsp3) is 0.533.